The molecule has 0 radical (unpaired) electrons. The van der Waals surface area contributed by atoms with Gasteiger partial charge in [-0.25, -0.2) is 4.39 Å². The van der Waals surface area contributed by atoms with Gasteiger partial charge in [0.1, 0.15) is 5.82 Å². The molecule has 1 aliphatic heterocycles. The minimum Gasteiger partial charge on any atom is -0.356 e. The molecule has 1 saturated heterocycles. The van der Waals surface area contributed by atoms with Gasteiger partial charge in [-0.3, -0.25) is 9.69 Å². The van der Waals surface area contributed by atoms with Crippen LogP contribution in [0.15, 0.2) is 12.1 Å². The van der Waals surface area contributed by atoms with Crippen molar-refractivity contribution in [1.82, 2.24) is 10.2 Å². The number of rotatable bonds is 4. The third-order valence-corrected chi connectivity index (χ3v) is 4.33. The second kappa shape index (κ2) is 7.03. The predicted molar refractivity (Wildman–Crippen MR) is 82.6 cm³/mol. The van der Waals surface area contributed by atoms with Gasteiger partial charge in [-0.2, -0.15) is 0 Å². The van der Waals surface area contributed by atoms with Crippen LogP contribution in [-0.2, 0) is 11.3 Å². The highest BCUT2D eigenvalue weighted by Gasteiger charge is 2.21. The van der Waals surface area contributed by atoms with Crippen molar-refractivity contribution >= 4 is 5.91 Å². The topological polar surface area (TPSA) is 32.3 Å². The van der Waals surface area contributed by atoms with Crippen molar-refractivity contribution < 1.29 is 9.18 Å². The monoisotopic (exact) mass is 292 g/mol. The fraction of sp³-hybridized carbons (Fsp3) is 0.588. The van der Waals surface area contributed by atoms with Gasteiger partial charge >= 0.3 is 0 Å². The number of hydrogen-bond acceptors (Lipinski definition) is 2. The molecule has 1 heterocycles. The Hall–Kier alpha value is -1.42. The molecule has 116 valence electrons. The first-order chi connectivity index (χ1) is 9.97. The van der Waals surface area contributed by atoms with E-state index in [2.05, 4.69) is 10.2 Å². The Bertz CT molecular complexity index is 516. The van der Waals surface area contributed by atoms with E-state index in [9.17, 15) is 9.18 Å². The molecular formula is C17H25FN2O. The third-order valence-electron chi connectivity index (χ3n) is 4.33. The third kappa shape index (κ3) is 4.27. The SMILES string of the molecule is CC(=O)NC[C@H]1CCCN(Cc2ccc(C)c(F)c2C)C1. The molecule has 1 amide bonds. The number of nitrogens with zero attached hydrogens (tertiary/aromatic N) is 1. The zero-order valence-electron chi connectivity index (χ0n) is 13.2. The van der Waals surface area contributed by atoms with Gasteiger partial charge in [0.05, 0.1) is 0 Å². The van der Waals surface area contributed by atoms with E-state index in [0.29, 0.717) is 11.5 Å². The van der Waals surface area contributed by atoms with Crippen LogP contribution in [0.5, 0.6) is 0 Å². The van der Waals surface area contributed by atoms with Gasteiger partial charge in [0, 0.05) is 26.6 Å². The molecule has 3 nitrogen and oxygen atoms in total. The van der Waals surface area contributed by atoms with Crippen LogP contribution in [0, 0.1) is 25.6 Å². The molecule has 0 aliphatic carbocycles. The van der Waals surface area contributed by atoms with Crippen molar-refractivity contribution in [2.24, 2.45) is 5.92 Å². The van der Waals surface area contributed by atoms with Crippen LogP contribution in [0.4, 0.5) is 4.39 Å². The lowest BCUT2D eigenvalue weighted by molar-refractivity contribution is -0.119. The second-order valence-corrected chi connectivity index (χ2v) is 6.16. The van der Waals surface area contributed by atoms with Crippen molar-refractivity contribution in [3.05, 3.63) is 34.6 Å². The van der Waals surface area contributed by atoms with Crippen LogP contribution in [-0.4, -0.2) is 30.4 Å². The number of benzene rings is 1. The highest BCUT2D eigenvalue weighted by Crippen LogP contribution is 2.22. The number of carbonyl (C=O) groups excluding carboxylic acids is 1. The highest BCUT2D eigenvalue weighted by atomic mass is 19.1. The van der Waals surface area contributed by atoms with Gasteiger partial charge in [0.2, 0.25) is 5.91 Å². The number of nitrogens with one attached hydrogen (secondary N) is 1. The molecule has 4 heteroatoms. The molecule has 0 spiro atoms. The molecule has 2 rings (SSSR count). The first kappa shape index (κ1) is 16.0. The van der Waals surface area contributed by atoms with Crippen molar-refractivity contribution in [1.29, 1.82) is 0 Å². The van der Waals surface area contributed by atoms with Crippen LogP contribution in [0.1, 0.15) is 36.5 Å². The number of piperidine rings is 1. The van der Waals surface area contributed by atoms with Crippen molar-refractivity contribution in [3.63, 3.8) is 0 Å². The Labute approximate surface area is 126 Å². The Kier molecular flexibility index (Phi) is 5.34. The first-order valence-corrected chi connectivity index (χ1v) is 7.68. The minimum atomic E-state index is -0.0840. The normalized spacial score (nSPS) is 19.5. The van der Waals surface area contributed by atoms with Crippen LogP contribution in [0.2, 0.25) is 0 Å². The summed E-state index contributed by atoms with van der Waals surface area (Å²) in [5.41, 5.74) is 2.54. The second-order valence-electron chi connectivity index (χ2n) is 6.16. The van der Waals surface area contributed by atoms with E-state index < -0.39 is 0 Å². The molecule has 0 bridgehead atoms. The summed E-state index contributed by atoms with van der Waals surface area (Å²) in [5.74, 6) is 0.445. The van der Waals surface area contributed by atoms with Gasteiger partial charge in [0.25, 0.3) is 0 Å². The van der Waals surface area contributed by atoms with Gasteiger partial charge in [-0.05, 0) is 55.8 Å². The van der Waals surface area contributed by atoms with Crippen LogP contribution in [0.25, 0.3) is 0 Å². The largest absolute Gasteiger partial charge is 0.356 e. The molecule has 21 heavy (non-hydrogen) atoms. The van der Waals surface area contributed by atoms with Crippen LogP contribution < -0.4 is 5.32 Å². The standard InChI is InChI=1S/C17H25FN2O/c1-12-6-7-16(13(2)17(12)18)11-20-8-4-5-15(10-20)9-19-14(3)21/h6-7,15H,4-5,8-11H2,1-3H3,(H,19,21)/t15-/m1/s1. The maximum Gasteiger partial charge on any atom is 0.216 e. The Morgan fingerprint density at radius 3 is 2.90 bits per heavy atom. The van der Waals surface area contributed by atoms with E-state index in [4.69, 9.17) is 0 Å². The van der Waals surface area contributed by atoms with Crippen LogP contribution >= 0.6 is 0 Å². The summed E-state index contributed by atoms with van der Waals surface area (Å²) in [7, 11) is 0. The highest BCUT2D eigenvalue weighted by molar-refractivity contribution is 5.72. The molecule has 1 fully saturated rings. The number of aryl methyl sites for hydroxylation is 1. The molecule has 1 aromatic carbocycles. The maximum atomic E-state index is 14.0. The molecule has 0 saturated carbocycles. The first-order valence-electron chi connectivity index (χ1n) is 7.68. The molecule has 0 aromatic heterocycles. The van der Waals surface area contributed by atoms with Gasteiger partial charge in [0.15, 0.2) is 0 Å². The van der Waals surface area contributed by atoms with Crippen molar-refractivity contribution in [2.75, 3.05) is 19.6 Å². The number of halogens is 1. The minimum absolute atomic E-state index is 0.0311. The molecule has 0 unspecified atom stereocenters. The maximum absolute atomic E-state index is 14.0. The summed E-state index contributed by atoms with van der Waals surface area (Å²) in [6.07, 6.45) is 2.29. The van der Waals surface area contributed by atoms with E-state index in [1.54, 1.807) is 13.8 Å². The Balaban J connectivity index is 1.96. The van der Waals surface area contributed by atoms with E-state index in [1.807, 2.05) is 19.1 Å². The molecule has 1 aliphatic rings. The number of carbonyl (C=O) groups is 1. The van der Waals surface area contributed by atoms with Crippen LogP contribution in [0.3, 0.4) is 0 Å². The number of likely N-dealkylation sites (tertiary alicyclic amines) is 1. The summed E-state index contributed by atoms with van der Waals surface area (Å²) >= 11 is 0. The van der Waals surface area contributed by atoms with Gasteiger partial charge < -0.3 is 5.32 Å². The quantitative estimate of drug-likeness (QED) is 0.925. The van der Waals surface area contributed by atoms with Gasteiger partial charge in [-0.1, -0.05) is 12.1 Å². The predicted octanol–water partition coefficient (Wildman–Crippen LogP) is 2.79. The van der Waals surface area contributed by atoms with E-state index >= 15 is 0 Å². The Morgan fingerprint density at radius 1 is 1.43 bits per heavy atom. The molecular weight excluding hydrogens is 267 g/mol. The van der Waals surface area contributed by atoms with Crippen molar-refractivity contribution in [2.45, 2.75) is 40.2 Å². The summed E-state index contributed by atoms with van der Waals surface area (Å²) in [6, 6.07) is 3.89. The Morgan fingerprint density at radius 2 is 2.19 bits per heavy atom. The molecule has 1 aromatic rings. The van der Waals surface area contributed by atoms with Gasteiger partial charge in [-0.15, -0.1) is 0 Å². The zero-order chi connectivity index (χ0) is 15.4. The van der Waals surface area contributed by atoms with E-state index in [0.717, 1.165) is 50.1 Å². The summed E-state index contributed by atoms with van der Waals surface area (Å²) in [6.45, 7) is 8.76. The molecule has 1 atom stereocenters. The van der Waals surface area contributed by atoms with E-state index in [1.165, 1.54) is 0 Å². The average Bonchev–Trinajstić information content (AvgIpc) is 2.46. The van der Waals surface area contributed by atoms with E-state index in [-0.39, 0.29) is 11.7 Å². The van der Waals surface area contributed by atoms with Crippen molar-refractivity contribution in [3.8, 4) is 0 Å². The summed E-state index contributed by atoms with van der Waals surface area (Å²) in [4.78, 5) is 13.4. The average molecular weight is 292 g/mol. The lowest BCUT2D eigenvalue weighted by atomic mass is 9.96. The lowest BCUT2D eigenvalue weighted by Crippen LogP contribution is -2.40. The number of hydrogen-bond donors (Lipinski definition) is 1. The summed E-state index contributed by atoms with van der Waals surface area (Å²) < 4.78 is 14.0. The summed E-state index contributed by atoms with van der Waals surface area (Å²) in [5, 5.41) is 2.90. The smallest absolute Gasteiger partial charge is 0.216 e. The fourth-order valence-electron chi connectivity index (χ4n) is 3.02. The number of amides is 1. The lowest BCUT2D eigenvalue weighted by Gasteiger charge is -2.33. The zero-order valence-corrected chi connectivity index (χ0v) is 13.2. The molecule has 1 N–H and O–H groups in total. The fourth-order valence-corrected chi connectivity index (χ4v) is 3.02.